The largest absolute Gasteiger partial charge is 0.338 e. The van der Waals surface area contributed by atoms with E-state index in [9.17, 15) is 0 Å². The highest BCUT2D eigenvalue weighted by atomic mass is 32.1. The van der Waals surface area contributed by atoms with Crippen LogP contribution in [0.4, 0.5) is 5.95 Å². The van der Waals surface area contributed by atoms with Gasteiger partial charge in [0.15, 0.2) is 4.77 Å². The lowest BCUT2D eigenvalue weighted by molar-refractivity contribution is 0.212. The molecule has 0 aromatic carbocycles. The molecule has 0 spiro atoms. The van der Waals surface area contributed by atoms with Gasteiger partial charge in [0.1, 0.15) is 0 Å². The molecular weight excluding hydrogens is 222 g/mol. The third-order valence-corrected chi connectivity index (χ3v) is 3.75. The number of likely N-dealkylation sites (N-methyl/N-ethyl adjacent to an activating group) is 1. The highest BCUT2D eigenvalue weighted by Crippen LogP contribution is 2.16. The first-order valence-corrected chi connectivity index (χ1v) is 6.11. The molecule has 0 amide bonds. The summed E-state index contributed by atoms with van der Waals surface area (Å²) in [5.74, 6) is 0.955. The maximum absolute atomic E-state index is 5.13. The predicted molar refractivity (Wildman–Crippen MR) is 67.3 cm³/mol. The average Bonchev–Trinajstić information content (AvgIpc) is 2.61. The average molecular weight is 241 g/mol. The maximum Gasteiger partial charge on any atom is 0.225 e. The van der Waals surface area contributed by atoms with E-state index in [0.29, 0.717) is 10.8 Å². The summed E-state index contributed by atoms with van der Waals surface area (Å²) in [5, 5.41) is 7.12. The lowest BCUT2D eigenvalue weighted by atomic mass is 10.1. The minimum Gasteiger partial charge on any atom is -0.338 e. The van der Waals surface area contributed by atoms with Gasteiger partial charge >= 0.3 is 0 Å². The molecule has 1 N–H and O–H groups in total. The van der Waals surface area contributed by atoms with Crippen molar-refractivity contribution in [2.45, 2.75) is 19.4 Å². The highest BCUT2D eigenvalue weighted by Gasteiger charge is 2.25. The minimum absolute atomic E-state index is 0.610. The van der Waals surface area contributed by atoms with Crippen molar-refractivity contribution in [2.24, 2.45) is 7.05 Å². The number of aromatic amines is 1. The lowest BCUT2D eigenvalue weighted by Crippen LogP contribution is -2.51. The normalized spacial score (nSPS) is 22.7. The number of anilines is 1. The van der Waals surface area contributed by atoms with E-state index in [2.05, 4.69) is 34.0 Å². The van der Waals surface area contributed by atoms with Gasteiger partial charge in [0.2, 0.25) is 5.95 Å². The van der Waals surface area contributed by atoms with Gasteiger partial charge in [0.25, 0.3) is 0 Å². The number of nitrogens with zero attached hydrogens (tertiary/aromatic N) is 4. The van der Waals surface area contributed by atoms with Gasteiger partial charge in [0.05, 0.1) is 0 Å². The quantitative estimate of drug-likeness (QED) is 0.785. The molecule has 0 saturated carbocycles. The van der Waals surface area contributed by atoms with Crippen LogP contribution >= 0.6 is 12.2 Å². The highest BCUT2D eigenvalue weighted by molar-refractivity contribution is 7.71. The van der Waals surface area contributed by atoms with E-state index in [-0.39, 0.29) is 0 Å². The second kappa shape index (κ2) is 4.55. The Labute approximate surface area is 101 Å². The van der Waals surface area contributed by atoms with Crippen LogP contribution in [0.3, 0.4) is 0 Å². The molecule has 1 unspecified atom stereocenters. The van der Waals surface area contributed by atoms with Gasteiger partial charge in [-0.3, -0.25) is 9.47 Å². The summed E-state index contributed by atoms with van der Waals surface area (Å²) < 4.78 is 2.62. The van der Waals surface area contributed by atoms with Crippen LogP contribution in [0.2, 0.25) is 0 Å². The molecule has 1 aromatic rings. The molecule has 90 valence electrons. The molecule has 0 radical (unpaired) electrons. The first-order chi connectivity index (χ1) is 7.63. The fourth-order valence-corrected chi connectivity index (χ4v) is 2.32. The summed E-state index contributed by atoms with van der Waals surface area (Å²) in [5.41, 5.74) is 0. The number of H-pyrrole nitrogens is 1. The van der Waals surface area contributed by atoms with Crippen molar-refractivity contribution < 1.29 is 0 Å². The summed E-state index contributed by atoms with van der Waals surface area (Å²) >= 11 is 5.13. The number of hydrogen-bond donors (Lipinski definition) is 1. The lowest BCUT2D eigenvalue weighted by Gasteiger charge is -2.39. The van der Waals surface area contributed by atoms with Crippen molar-refractivity contribution in [1.29, 1.82) is 0 Å². The first kappa shape index (κ1) is 11.6. The number of hydrogen-bond acceptors (Lipinski definition) is 4. The van der Waals surface area contributed by atoms with Gasteiger partial charge in [-0.2, -0.15) is 0 Å². The van der Waals surface area contributed by atoms with E-state index in [1.165, 1.54) is 6.42 Å². The Morgan fingerprint density at radius 1 is 1.44 bits per heavy atom. The van der Waals surface area contributed by atoms with Gasteiger partial charge in [-0.05, 0) is 25.7 Å². The third-order valence-electron chi connectivity index (χ3n) is 3.39. The Hall–Kier alpha value is -0.880. The summed E-state index contributed by atoms with van der Waals surface area (Å²) in [6.45, 7) is 5.35. The van der Waals surface area contributed by atoms with Crippen LogP contribution in [0.1, 0.15) is 13.3 Å². The van der Waals surface area contributed by atoms with E-state index in [0.717, 1.165) is 25.6 Å². The first-order valence-electron chi connectivity index (χ1n) is 5.70. The molecule has 16 heavy (non-hydrogen) atoms. The molecule has 1 aliphatic heterocycles. The topological polar surface area (TPSA) is 40.1 Å². The Morgan fingerprint density at radius 3 is 2.75 bits per heavy atom. The van der Waals surface area contributed by atoms with Crippen LogP contribution in [0.15, 0.2) is 0 Å². The maximum atomic E-state index is 5.13. The summed E-state index contributed by atoms with van der Waals surface area (Å²) in [4.78, 5) is 4.72. The Bertz CT molecular complexity index is 410. The zero-order valence-electron chi connectivity index (χ0n) is 10.1. The van der Waals surface area contributed by atoms with E-state index in [1.54, 1.807) is 0 Å². The minimum atomic E-state index is 0.610. The number of nitrogens with one attached hydrogen (secondary N) is 1. The molecule has 1 saturated heterocycles. The molecule has 2 rings (SSSR count). The fraction of sp³-hybridized carbons (Fsp3) is 0.800. The van der Waals surface area contributed by atoms with E-state index >= 15 is 0 Å². The van der Waals surface area contributed by atoms with E-state index < -0.39 is 0 Å². The summed E-state index contributed by atoms with van der Waals surface area (Å²) in [6.07, 6.45) is 1.17. The van der Waals surface area contributed by atoms with Crippen molar-refractivity contribution in [3.05, 3.63) is 4.77 Å². The Morgan fingerprint density at radius 2 is 2.19 bits per heavy atom. The Balaban J connectivity index is 2.17. The molecule has 6 heteroatoms. The Kier molecular flexibility index (Phi) is 3.30. The summed E-state index contributed by atoms with van der Waals surface area (Å²) in [6, 6.07) is 0.610. The monoisotopic (exact) mass is 241 g/mol. The predicted octanol–water partition coefficient (Wildman–Crippen LogP) is 1.01. The smallest absolute Gasteiger partial charge is 0.225 e. The van der Waals surface area contributed by atoms with Crippen molar-refractivity contribution in [1.82, 2.24) is 19.7 Å². The molecule has 0 bridgehead atoms. The molecule has 1 fully saturated rings. The van der Waals surface area contributed by atoms with Crippen LogP contribution in [0.25, 0.3) is 0 Å². The molecule has 0 aliphatic carbocycles. The second-order valence-electron chi connectivity index (χ2n) is 4.38. The third kappa shape index (κ3) is 1.99. The SMILES string of the molecule is CCC1CN(c2n[nH]c(=S)n2C)CCN1C. The van der Waals surface area contributed by atoms with Crippen LogP contribution in [-0.4, -0.2) is 52.4 Å². The molecule has 5 nitrogen and oxygen atoms in total. The van der Waals surface area contributed by atoms with Crippen molar-refractivity contribution in [2.75, 3.05) is 31.6 Å². The van der Waals surface area contributed by atoms with Crippen LogP contribution in [0.5, 0.6) is 0 Å². The van der Waals surface area contributed by atoms with Crippen LogP contribution in [-0.2, 0) is 7.05 Å². The molecule has 2 heterocycles. The fourth-order valence-electron chi connectivity index (χ4n) is 2.19. The molecular formula is C10H19N5S. The van der Waals surface area contributed by atoms with Gasteiger partial charge < -0.3 is 4.90 Å². The van der Waals surface area contributed by atoms with Crippen LogP contribution in [0, 0.1) is 4.77 Å². The zero-order valence-corrected chi connectivity index (χ0v) is 10.9. The standard InChI is InChI=1S/C10H19N5S/c1-4-8-7-15(6-5-13(8)2)9-11-12-10(16)14(9)3/h8H,4-7H2,1-3H3,(H,12,16). The van der Waals surface area contributed by atoms with Gasteiger partial charge in [-0.25, -0.2) is 5.10 Å². The van der Waals surface area contributed by atoms with Gasteiger partial charge in [-0.1, -0.05) is 6.92 Å². The summed E-state index contributed by atoms with van der Waals surface area (Å²) in [7, 11) is 4.15. The van der Waals surface area contributed by atoms with E-state index in [4.69, 9.17) is 12.2 Å². The molecule has 1 atom stereocenters. The van der Waals surface area contributed by atoms with Gasteiger partial charge in [0, 0.05) is 32.7 Å². The van der Waals surface area contributed by atoms with Crippen LogP contribution < -0.4 is 4.90 Å². The van der Waals surface area contributed by atoms with E-state index in [1.807, 2.05) is 11.6 Å². The second-order valence-corrected chi connectivity index (χ2v) is 4.76. The van der Waals surface area contributed by atoms with Gasteiger partial charge in [-0.15, -0.1) is 5.10 Å². The zero-order chi connectivity index (χ0) is 11.7. The van der Waals surface area contributed by atoms with Crippen molar-refractivity contribution >= 4 is 18.2 Å². The molecule has 1 aromatic heterocycles. The number of rotatable bonds is 2. The van der Waals surface area contributed by atoms with Crippen molar-refractivity contribution in [3.8, 4) is 0 Å². The van der Waals surface area contributed by atoms with Crippen molar-refractivity contribution in [3.63, 3.8) is 0 Å². The number of piperazine rings is 1. The number of aromatic nitrogens is 3. The molecule has 1 aliphatic rings.